The molecule has 120 valence electrons. The molecule has 2 bridgehead atoms. The van der Waals surface area contributed by atoms with Crippen molar-refractivity contribution in [2.24, 2.45) is 5.92 Å². The van der Waals surface area contributed by atoms with Crippen LogP contribution in [-0.2, 0) is 11.8 Å². The van der Waals surface area contributed by atoms with E-state index in [9.17, 15) is 10.2 Å². The van der Waals surface area contributed by atoms with Gasteiger partial charge < -0.3 is 20.3 Å². The van der Waals surface area contributed by atoms with Gasteiger partial charge in [0, 0.05) is 21.5 Å². The molecule has 4 nitrogen and oxygen atoms in total. The second-order valence-electron chi connectivity index (χ2n) is 6.98. The maximum absolute atomic E-state index is 10.8. The SMILES string of the molecule is COc1cc(Br)c2c(c1O)C13CCNC(C2)C1CCC(O)C3. The second-order valence-corrected chi connectivity index (χ2v) is 7.83. The predicted octanol–water partition coefficient (Wildman–Crippen LogP) is 2.48. The highest BCUT2D eigenvalue weighted by Gasteiger charge is 2.55. The molecular weight excluding hydrogens is 346 g/mol. The summed E-state index contributed by atoms with van der Waals surface area (Å²) < 4.78 is 6.38. The Labute approximate surface area is 139 Å². The Hall–Kier alpha value is -0.780. The van der Waals surface area contributed by atoms with E-state index in [2.05, 4.69) is 21.2 Å². The van der Waals surface area contributed by atoms with Gasteiger partial charge in [-0.25, -0.2) is 0 Å². The molecule has 0 amide bonds. The lowest BCUT2D eigenvalue weighted by molar-refractivity contribution is 0.00232. The van der Waals surface area contributed by atoms with Gasteiger partial charge >= 0.3 is 0 Å². The van der Waals surface area contributed by atoms with Crippen LogP contribution in [0.2, 0.25) is 0 Å². The molecule has 0 radical (unpaired) electrons. The summed E-state index contributed by atoms with van der Waals surface area (Å²) in [5, 5.41) is 24.8. The maximum atomic E-state index is 10.8. The number of nitrogens with one attached hydrogen (secondary N) is 1. The van der Waals surface area contributed by atoms with Gasteiger partial charge in [0.15, 0.2) is 11.5 Å². The summed E-state index contributed by atoms with van der Waals surface area (Å²) in [6, 6.07) is 2.30. The minimum absolute atomic E-state index is 0.123. The van der Waals surface area contributed by atoms with Gasteiger partial charge in [0.1, 0.15) is 0 Å². The fraction of sp³-hybridized carbons (Fsp3) is 0.647. The van der Waals surface area contributed by atoms with E-state index in [-0.39, 0.29) is 17.3 Å². The first-order valence-electron chi connectivity index (χ1n) is 8.07. The molecule has 0 aromatic heterocycles. The fourth-order valence-corrected chi connectivity index (χ4v) is 5.78. The number of hydrogen-bond donors (Lipinski definition) is 3. The summed E-state index contributed by atoms with van der Waals surface area (Å²) >= 11 is 3.66. The average molecular weight is 368 g/mol. The molecule has 1 saturated carbocycles. The molecule has 1 aromatic carbocycles. The number of piperidine rings is 1. The highest BCUT2D eigenvalue weighted by Crippen LogP contribution is 2.58. The first-order chi connectivity index (χ1) is 10.6. The first kappa shape index (κ1) is 14.8. The van der Waals surface area contributed by atoms with E-state index in [0.29, 0.717) is 17.7 Å². The van der Waals surface area contributed by atoms with E-state index in [1.165, 1.54) is 5.56 Å². The second kappa shape index (κ2) is 5.11. The predicted molar refractivity (Wildman–Crippen MR) is 87.5 cm³/mol. The zero-order chi connectivity index (χ0) is 15.5. The lowest BCUT2D eigenvalue weighted by atomic mass is 9.52. The molecule has 0 spiro atoms. The quantitative estimate of drug-likeness (QED) is 0.713. The maximum Gasteiger partial charge on any atom is 0.161 e. The van der Waals surface area contributed by atoms with Gasteiger partial charge in [-0.3, -0.25) is 0 Å². The van der Waals surface area contributed by atoms with Crippen molar-refractivity contribution < 1.29 is 14.9 Å². The number of aromatic hydroxyl groups is 1. The monoisotopic (exact) mass is 367 g/mol. The Morgan fingerprint density at radius 1 is 1.41 bits per heavy atom. The number of aliphatic hydroxyl groups excluding tert-OH is 1. The van der Waals surface area contributed by atoms with E-state index >= 15 is 0 Å². The largest absolute Gasteiger partial charge is 0.504 e. The Morgan fingerprint density at radius 3 is 3.00 bits per heavy atom. The van der Waals surface area contributed by atoms with Crippen molar-refractivity contribution in [1.29, 1.82) is 0 Å². The van der Waals surface area contributed by atoms with Crippen LogP contribution in [-0.4, -0.2) is 36.0 Å². The number of phenolic OH excluding ortho intramolecular Hbond substituents is 1. The minimum atomic E-state index is -0.273. The standard InChI is InChI=1S/C17H22BrNO3/c1-22-14-7-12(18)10-6-13-11-3-2-9(20)8-17(11,4-5-19-13)15(10)16(14)21/h7,9,11,13,19-21H,2-6,8H2,1H3. The van der Waals surface area contributed by atoms with Crippen LogP contribution in [0.4, 0.5) is 0 Å². The number of halogens is 1. The van der Waals surface area contributed by atoms with Crippen LogP contribution in [0, 0.1) is 5.92 Å². The van der Waals surface area contributed by atoms with Gasteiger partial charge in [0.2, 0.25) is 0 Å². The molecule has 5 heteroatoms. The van der Waals surface area contributed by atoms with Gasteiger partial charge in [-0.15, -0.1) is 0 Å². The zero-order valence-corrected chi connectivity index (χ0v) is 14.3. The van der Waals surface area contributed by atoms with Crippen molar-refractivity contribution in [1.82, 2.24) is 5.32 Å². The van der Waals surface area contributed by atoms with Crippen LogP contribution in [0.1, 0.15) is 36.8 Å². The summed E-state index contributed by atoms with van der Waals surface area (Å²) in [5.41, 5.74) is 2.09. The van der Waals surface area contributed by atoms with E-state index in [1.807, 2.05) is 6.07 Å². The molecule has 22 heavy (non-hydrogen) atoms. The summed E-state index contributed by atoms with van der Waals surface area (Å²) in [5.74, 6) is 1.29. The van der Waals surface area contributed by atoms with E-state index in [4.69, 9.17) is 4.74 Å². The van der Waals surface area contributed by atoms with Crippen LogP contribution in [0.25, 0.3) is 0 Å². The lowest BCUT2D eigenvalue weighted by Crippen LogP contribution is -2.61. The van der Waals surface area contributed by atoms with Crippen molar-refractivity contribution >= 4 is 15.9 Å². The number of ether oxygens (including phenoxy) is 1. The molecule has 1 saturated heterocycles. The molecule has 4 rings (SSSR count). The van der Waals surface area contributed by atoms with Crippen molar-refractivity contribution in [2.75, 3.05) is 13.7 Å². The van der Waals surface area contributed by atoms with Gasteiger partial charge in [0.05, 0.1) is 13.2 Å². The number of rotatable bonds is 1. The van der Waals surface area contributed by atoms with Gasteiger partial charge in [-0.1, -0.05) is 15.9 Å². The Kier molecular flexibility index (Phi) is 3.44. The van der Waals surface area contributed by atoms with Crippen LogP contribution < -0.4 is 10.1 Å². The minimum Gasteiger partial charge on any atom is -0.504 e. The third kappa shape index (κ3) is 1.88. The Balaban J connectivity index is 1.97. The molecule has 1 aliphatic heterocycles. The van der Waals surface area contributed by atoms with Crippen molar-refractivity contribution in [3.63, 3.8) is 0 Å². The average Bonchev–Trinajstić information content (AvgIpc) is 2.49. The van der Waals surface area contributed by atoms with Crippen molar-refractivity contribution in [3.8, 4) is 11.5 Å². The number of fused-ring (bicyclic) bond motifs is 1. The molecule has 3 N–H and O–H groups in total. The molecule has 1 heterocycles. The third-order valence-corrected chi connectivity index (χ3v) is 6.75. The van der Waals surface area contributed by atoms with Crippen molar-refractivity contribution in [3.05, 3.63) is 21.7 Å². The number of methoxy groups -OCH3 is 1. The van der Waals surface area contributed by atoms with Gasteiger partial charge in [0.25, 0.3) is 0 Å². The highest BCUT2D eigenvalue weighted by molar-refractivity contribution is 9.10. The summed E-state index contributed by atoms with van der Waals surface area (Å²) in [4.78, 5) is 0. The number of aliphatic hydroxyl groups is 1. The number of benzene rings is 1. The third-order valence-electron chi connectivity index (χ3n) is 6.04. The number of hydrogen-bond acceptors (Lipinski definition) is 4. The molecule has 4 atom stereocenters. The van der Waals surface area contributed by atoms with Crippen LogP contribution in [0.5, 0.6) is 11.5 Å². The Bertz CT molecular complexity index is 620. The van der Waals surface area contributed by atoms with Crippen molar-refractivity contribution in [2.45, 2.75) is 49.7 Å². The van der Waals surface area contributed by atoms with Gasteiger partial charge in [-0.2, -0.15) is 0 Å². The summed E-state index contributed by atoms with van der Waals surface area (Å²) in [6.07, 6.45) is 4.25. The summed E-state index contributed by atoms with van der Waals surface area (Å²) in [7, 11) is 1.59. The van der Waals surface area contributed by atoms with E-state index < -0.39 is 0 Å². The molecule has 1 aromatic rings. The number of phenols is 1. The zero-order valence-electron chi connectivity index (χ0n) is 12.7. The lowest BCUT2D eigenvalue weighted by Gasteiger charge is -2.56. The van der Waals surface area contributed by atoms with Crippen LogP contribution in [0.15, 0.2) is 10.5 Å². The van der Waals surface area contributed by atoms with E-state index in [1.54, 1.807) is 7.11 Å². The van der Waals surface area contributed by atoms with E-state index in [0.717, 1.165) is 48.7 Å². The van der Waals surface area contributed by atoms with Crippen LogP contribution in [0.3, 0.4) is 0 Å². The normalized spacial score (nSPS) is 36.4. The molecular formula is C17H22BrNO3. The fourth-order valence-electron chi connectivity index (χ4n) is 5.21. The molecule has 2 fully saturated rings. The summed E-state index contributed by atoms with van der Waals surface area (Å²) in [6.45, 7) is 0.946. The first-order valence-corrected chi connectivity index (χ1v) is 8.86. The highest BCUT2D eigenvalue weighted by atomic mass is 79.9. The molecule has 2 aliphatic carbocycles. The molecule has 3 aliphatic rings. The molecule has 4 unspecified atom stereocenters. The topological polar surface area (TPSA) is 61.7 Å². The van der Waals surface area contributed by atoms with Gasteiger partial charge in [-0.05, 0) is 56.2 Å². The Morgan fingerprint density at radius 2 is 2.23 bits per heavy atom. The smallest absolute Gasteiger partial charge is 0.161 e. The van der Waals surface area contributed by atoms with Crippen LogP contribution >= 0.6 is 15.9 Å².